The Hall–Kier alpha value is -1.67. The fraction of sp³-hybridized carbons (Fsp3) is 0.312. The van der Waals surface area contributed by atoms with Gasteiger partial charge in [0.1, 0.15) is 0 Å². The van der Waals surface area contributed by atoms with Gasteiger partial charge >= 0.3 is 0 Å². The van der Waals surface area contributed by atoms with E-state index in [1.165, 1.54) is 16.7 Å². The molecule has 0 fully saturated rings. The van der Waals surface area contributed by atoms with Crippen molar-refractivity contribution in [2.45, 2.75) is 33.2 Å². The van der Waals surface area contributed by atoms with Gasteiger partial charge in [0, 0.05) is 5.69 Å². The van der Waals surface area contributed by atoms with Crippen LogP contribution < -0.4 is 5.73 Å². The predicted octanol–water partition coefficient (Wildman–Crippen LogP) is 3.25. The standard InChI is InChI=1S/C16H20N2/c1-11-7-8-12(2)14(9-11)10-15(17)16-6-4-5-13(3)18-16/h4-9,15H,10,17H2,1-3H3. The SMILES string of the molecule is Cc1ccc(C)c(CC(N)c2cccc(C)n2)c1. The molecule has 0 saturated carbocycles. The number of pyridine rings is 1. The Morgan fingerprint density at radius 3 is 2.61 bits per heavy atom. The van der Waals surface area contributed by atoms with E-state index in [0.29, 0.717) is 0 Å². The highest BCUT2D eigenvalue weighted by Crippen LogP contribution is 2.18. The zero-order valence-corrected chi connectivity index (χ0v) is 11.3. The molecule has 0 saturated heterocycles. The van der Waals surface area contributed by atoms with E-state index in [2.05, 4.69) is 37.0 Å². The summed E-state index contributed by atoms with van der Waals surface area (Å²) in [6.07, 6.45) is 0.837. The van der Waals surface area contributed by atoms with Crippen LogP contribution in [0.5, 0.6) is 0 Å². The molecule has 18 heavy (non-hydrogen) atoms. The lowest BCUT2D eigenvalue weighted by Crippen LogP contribution is -2.15. The van der Waals surface area contributed by atoms with E-state index in [1.54, 1.807) is 0 Å². The molecule has 0 aliphatic carbocycles. The van der Waals surface area contributed by atoms with Gasteiger partial charge in [0.05, 0.1) is 11.7 Å². The number of aryl methyl sites for hydroxylation is 3. The van der Waals surface area contributed by atoms with Crippen LogP contribution in [-0.2, 0) is 6.42 Å². The monoisotopic (exact) mass is 240 g/mol. The summed E-state index contributed by atoms with van der Waals surface area (Å²) in [6, 6.07) is 12.5. The van der Waals surface area contributed by atoms with Gasteiger partial charge in [-0.05, 0) is 50.5 Å². The molecule has 2 nitrogen and oxygen atoms in total. The molecule has 1 aromatic carbocycles. The second-order valence-electron chi connectivity index (χ2n) is 4.94. The average Bonchev–Trinajstić information content (AvgIpc) is 2.34. The number of benzene rings is 1. The second kappa shape index (κ2) is 5.32. The highest BCUT2D eigenvalue weighted by Gasteiger charge is 2.10. The smallest absolute Gasteiger partial charge is 0.0577 e. The van der Waals surface area contributed by atoms with Gasteiger partial charge in [-0.25, -0.2) is 0 Å². The quantitative estimate of drug-likeness (QED) is 0.894. The zero-order valence-electron chi connectivity index (χ0n) is 11.3. The third-order valence-corrected chi connectivity index (χ3v) is 3.23. The molecular formula is C16H20N2. The van der Waals surface area contributed by atoms with Crippen LogP contribution >= 0.6 is 0 Å². The van der Waals surface area contributed by atoms with Gasteiger partial charge in [-0.3, -0.25) is 4.98 Å². The summed E-state index contributed by atoms with van der Waals surface area (Å²) < 4.78 is 0. The Balaban J connectivity index is 2.21. The molecule has 0 amide bonds. The molecular weight excluding hydrogens is 220 g/mol. The molecule has 94 valence electrons. The Labute approximate surface area is 109 Å². The molecule has 2 heteroatoms. The lowest BCUT2D eigenvalue weighted by atomic mass is 9.97. The number of nitrogens with two attached hydrogens (primary N) is 1. The Morgan fingerprint density at radius 2 is 1.89 bits per heavy atom. The van der Waals surface area contributed by atoms with Crippen LogP contribution in [0.15, 0.2) is 36.4 Å². The summed E-state index contributed by atoms with van der Waals surface area (Å²) in [5, 5.41) is 0. The van der Waals surface area contributed by atoms with Crippen LogP contribution in [0.4, 0.5) is 0 Å². The van der Waals surface area contributed by atoms with Crippen molar-refractivity contribution in [3.8, 4) is 0 Å². The summed E-state index contributed by atoms with van der Waals surface area (Å²) in [5.41, 5.74) is 12.1. The minimum Gasteiger partial charge on any atom is -0.322 e. The summed E-state index contributed by atoms with van der Waals surface area (Å²) in [7, 11) is 0. The number of hydrogen-bond donors (Lipinski definition) is 1. The van der Waals surface area contributed by atoms with Crippen LogP contribution in [0, 0.1) is 20.8 Å². The van der Waals surface area contributed by atoms with Crippen molar-refractivity contribution >= 4 is 0 Å². The number of hydrogen-bond acceptors (Lipinski definition) is 2. The van der Waals surface area contributed by atoms with Gasteiger partial charge in [0.2, 0.25) is 0 Å². The zero-order chi connectivity index (χ0) is 13.1. The van der Waals surface area contributed by atoms with Crippen LogP contribution in [0.3, 0.4) is 0 Å². The van der Waals surface area contributed by atoms with Crippen molar-refractivity contribution in [1.29, 1.82) is 0 Å². The summed E-state index contributed by atoms with van der Waals surface area (Å²) in [6.45, 7) is 6.23. The minimum absolute atomic E-state index is 0.0367. The van der Waals surface area contributed by atoms with Crippen LogP contribution in [0.1, 0.15) is 34.1 Å². The first-order chi connectivity index (χ1) is 8.56. The first-order valence-electron chi connectivity index (χ1n) is 6.31. The van der Waals surface area contributed by atoms with E-state index in [4.69, 9.17) is 5.73 Å². The first kappa shape index (κ1) is 12.8. The fourth-order valence-corrected chi connectivity index (χ4v) is 2.13. The summed E-state index contributed by atoms with van der Waals surface area (Å²) >= 11 is 0. The van der Waals surface area contributed by atoms with Gasteiger partial charge in [0.25, 0.3) is 0 Å². The van der Waals surface area contributed by atoms with E-state index < -0.39 is 0 Å². The van der Waals surface area contributed by atoms with Gasteiger partial charge in [0.15, 0.2) is 0 Å². The molecule has 0 aliphatic heterocycles. The molecule has 1 aromatic heterocycles. The summed E-state index contributed by atoms with van der Waals surface area (Å²) in [4.78, 5) is 4.50. The molecule has 1 unspecified atom stereocenters. The van der Waals surface area contributed by atoms with Crippen molar-refractivity contribution in [3.05, 3.63) is 64.5 Å². The molecule has 2 aromatic rings. The highest BCUT2D eigenvalue weighted by molar-refractivity contribution is 5.32. The van der Waals surface area contributed by atoms with Gasteiger partial charge in [-0.2, -0.15) is 0 Å². The van der Waals surface area contributed by atoms with Crippen LogP contribution in [-0.4, -0.2) is 4.98 Å². The van der Waals surface area contributed by atoms with Gasteiger partial charge in [-0.15, -0.1) is 0 Å². The minimum atomic E-state index is -0.0367. The maximum atomic E-state index is 6.25. The van der Waals surface area contributed by atoms with Crippen molar-refractivity contribution < 1.29 is 0 Å². The molecule has 0 aliphatic rings. The summed E-state index contributed by atoms with van der Waals surface area (Å²) in [5.74, 6) is 0. The van der Waals surface area contributed by atoms with E-state index in [-0.39, 0.29) is 6.04 Å². The highest BCUT2D eigenvalue weighted by atomic mass is 14.8. The van der Waals surface area contributed by atoms with Crippen molar-refractivity contribution in [3.63, 3.8) is 0 Å². The molecule has 1 atom stereocenters. The largest absolute Gasteiger partial charge is 0.322 e. The normalized spacial score (nSPS) is 12.4. The van der Waals surface area contributed by atoms with Gasteiger partial charge in [-0.1, -0.05) is 29.8 Å². The molecule has 0 radical (unpaired) electrons. The molecule has 2 rings (SSSR count). The number of rotatable bonds is 3. The average molecular weight is 240 g/mol. The molecule has 0 spiro atoms. The Kier molecular flexibility index (Phi) is 3.78. The third-order valence-electron chi connectivity index (χ3n) is 3.23. The van der Waals surface area contributed by atoms with E-state index in [1.807, 2.05) is 25.1 Å². The lowest BCUT2D eigenvalue weighted by Gasteiger charge is -2.14. The second-order valence-corrected chi connectivity index (χ2v) is 4.94. The van der Waals surface area contributed by atoms with Crippen molar-refractivity contribution in [1.82, 2.24) is 4.98 Å². The van der Waals surface area contributed by atoms with Crippen molar-refractivity contribution in [2.75, 3.05) is 0 Å². The predicted molar refractivity (Wildman–Crippen MR) is 75.5 cm³/mol. The van der Waals surface area contributed by atoms with Crippen LogP contribution in [0.25, 0.3) is 0 Å². The van der Waals surface area contributed by atoms with Gasteiger partial charge < -0.3 is 5.73 Å². The Bertz CT molecular complexity index is 547. The topological polar surface area (TPSA) is 38.9 Å². The lowest BCUT2D eigenvalue weighted by molar-refractivity contribution is 0.690. The van der Waals surface area contributed by atoms with Crippen molar-refractivity contribution in [2.24, 2.45) is 5.73 Å². The van der Waals surface area contributed by atoms with E-state index in [0.717, 1.165) is 17.8 Å². The molecule has 0 bridgehead atoms. The molecule has 2 N–H and O–H groups in total. The van der Waals surface area contributed by atoms with E-state index in [9.17, 15) is 0 Å². The first-order valence-corrected chi connectivity index (χ1v) is 6.31. The van der Waals surface area contributed by atoms with E-state index >= 15 is 0 Å². The number of nitrogens with zero attached hydrogens (tertiary/aromatic N) is 1. The third kappa shape index (κ3) is 2.96. The number of aromatic nitrogens is 1. The Morgan fingerprint density at radius 1 is 1.11 bits per heavy atom. The molecule has 1 heterocycles. The fourth-order valence-electron chi connectivity index (χ4n) is 2.13. The maximum absolute atomic E-state index is 6.25. The maximum Gasteiger partial charge on any atom is 0.0577 e. The van der Waals surface area contributed by atoms with Crippen LogP contribution in [0.2, 0.25) is 0 Å².